The smallest absolute Gasteiger partial charge is 0.387 e. The van der Waals surface area contributed by atoms with Crippen LogP contribution in [0.15, 0.2) is 24.3 Å². The minimum absolute atomic E-state index is 0.0337. The molecule has 1 fully saturated rings. The summed E-state index contributed by atoms with van der Waals surface area (Å²) in [6.45, 7) is -2.41. The molecule has 1 amide bonds. The Labute approximate surface area is 143 Å². The van der Waals surface area contributed by atoms with Gasteiger partial charge < -0.3 is 10.1 Å². The quantitative estimate of drug-likeness (QED) is 0.515. The van der Waals surface area contributed by atoms with E-state index in [1.54, 1.807) is 12.1 Å². The molecule has 0 aromatic heterocycles. The van der Waals surface area contributed by atoms with Crippen LogP contribution in [0.2, 0.25) is 0 Å². The van der Waals surface area contributed by atoms with Gasteiger partial charge in [0.1, 0.15) is 5.75 Å². The summed E-state index contributed by atoms with van der Waals surface area (Å²) in [5.74, 6) is 1.40. The first kappa shape index (κ1) is 18.4. The lowest BCUT2D eigenvalue weighted by Gasteiger charge is -2.08. The van der Waals surface area contributed by atoms with Crippen LogP contribution in [0, 0.1) is 0 Å². The number of amides is 1. The van der Waals surface area contributed by atoms with Gasteiger partial charge in [-0.25, -0.2) is 0 Å². The third kappa shape index (κ3) is 7.44. The van der Waals surface area contributed by atoms with Crippen molar-refractivity contribution in [1.29, 1.82) is 0 Å². The van der Waals surface area contributed by atoms with Crippen molar-refractivity contribution in [2.24, 2.45) is 0 Å². The second-order valence-electron chi connectivity index (χ2n) is 5.37. The molecular weight excluding hydrogens is 340 g/mol. The van der Waals surface area contributed by atoms with E-state index in [0.29, 0.717) is 13.0 Å². The standard InChI is InChI=1S/C16H21F2NO2S2/c17-16(18)21-13-7-5-12(6-8-13)11-19-15(20)4-2-1-3-14-9-10-22-23-14/h5-8,14,16H,1-4,9-11H2,(H,19,20). The van der Waals surface area contributed by atoms with Gasteiger partial charge in [-0.1, -0.05) is 40.1 Å². The molecule has 1 aliphatic rings. The SMILES string of the molecule is O=C(CCCCC1CCSS1)NCc1ccc(OC(F)F)cc1. The summed E-state index contributed by atoms with van der Waals surface area (Å²) in [7, 11) is 3.92. The Morgan fingerprint density at radius 3 is 2.74 bits per heavy atom. The molecule has 7 heteroatoms. The molecule has 0 radical (unpaired) electrons. The summed E-state index contributed by atoms with van der Waals surface area (Å²) < 4.78 is 28.4. The Morgan fingerprint density at radius 2 is 2.09 bits per heavy atom. The monoisotopic (exact) mass is 361 g/mol. The Kier molecular flexibility index (Phi) is 8.02. The number of hydrogen-bond acceptors (Lipinski definition) is 4. The average molecular weight is 361 g/mol. The summed E-state index contributed by atoms with van der Waals surface area (Å²) in [6.07, 6.45) is 5.01. The zero-order valence-electron chi connectivity index (χ0n) is 12.8. The topological polar surface area (TPSA) is 38.3 Å². The van der Waals surface area contributed by atoms with Crippen LogP contribution in [0.4, 0.5) is 8.78 Å². The van der Waals surface area contributed by atoms with E-state index >= 15 is 0 Å². The summed E-state index contributed by atoms with van der Waals surface area (Å²) in [4.78, 5) is 11.8. The maximum Gasteiger partial charge on any atom is 0.387 e. The highest BCUT2D eigenvalue weighted by Gasteiger charge is 2.15. The number of rotatable bonds is 9. The number of alkyl halides is 2. The lowest BCUT2D eigenvalue weighted by Crippen LogP contribution is -2.22. The molecule has 1 aromatic carbocycles. The lowest BCUT2D eigenvalue weighted by molar-refractivity contribution is -0.121. The summed E-state index contributed by atoms with van der Waals surface area (Å²) >= 11 is 0. The molecule has 128 valence electrons. The van der Waals surface area contributed by atoms with E-state index in [9.17, 15) is 13.6 Å². The molecule has 1 aromatic rings. The highest BCUT2D eigenvalue weighted by molar-refractivity contribution is 8.77. The molecule has 1 heterocycles. The van der Waals surface area contributed by atoms with Gasteiger partial charge in [0.25, 0.3) is 0 Å². The van der Waals surface area contributed by atoms with Gasteiger partial charge in [-0.2, -0.15) is 8.78 Å². The largest absolute Gasteiger partial charge is 0.435 e. The van der Waals surface area contributed by atoms with E-state index in [4.69, 9.17) is 0 Å². The predicted molar refractivity (Wildman–Crippen MR) is 91.8 cm³/mol. The first-order valence-corrected chi connectivity index (χ1v) is 10.1. The molecule has 1 unspecified atom stereocenters. The Bertz CT molecular complexity index is 479. The van der Waals surface area contributed by atoms with Crippen LogP contribution in [0.1, 0.15) is 37.7 Å². The fourth-order valence-corrected chi connectivity index (χ4v) is 5.33. The van der Waals surface area contributed by atoms with Crippen molar-refractivity contribution in [2.75, 3.05) is 5.75 Å². The van der Waals surface area contributed by atoms with E-state index in [2.05, 4.69) is 10.1 Å². The van der Waals surface area contributed by atoms with Crippen LogP contribution in [0.3, 0.4) is 0 Å². The molecule has 1 atom stereocenters. The number of ether oxygens (including phenoxy) is 1. The van der Waals surface area contributed by atoms with Gasteiger partial charge in [-0.05, 0) is 37.0 Å². The summed E-state index contributed by atoms with van der Waals surface area (Å²) in [6, 6.07) is 6.30. The Morgan fingerprint density at radius 1 is 1.30 bits per heavy atom. The predicted octanol–water partition coefficient (Wildman–Crippen LogP) is 4.62. The van der Waals surface area contributed by atoms with Crippen molar-refractivity contribution in [1.82, 2.24) is 5.32 Å². The minimum atomic E-state index is -2.82. The van der Waals surface area contributed by atoms with Gasteiger partial charge in [0.05, 0.1) is 0 Å². The van der Waals surface area contributed by atoms with E-state index in [0.717, 1.165) is 23.7 Å². The number of unbranched alkanes of at least 4 members (excludes halogenated alkanes) is 1. The fraction of sp³-hybridized carbons (Fsp3) is 0.562. The number of hydrogen-bond donors (Lipinski definition) is 1. The van der Waals surface area contributed by atoms with E-state index in [1.807, 2.05) is 21.6 Å². The van der Waals surface area contributed by atoms with Gasteiger partial charge >= 0.3 is 6.61 Å². The van der Waals surface area contributed by atoms with Crippen molar-refractivity contribution in [2.45, 2.75) is 50.5 Å². The number of benzene rings is 1. The second-order valence-corrected chi connectivity index (χ2v) is 8.16. The van der Waals surface area contributed by atoms with Gasteiger partial charge in [-0.3, -0.25) is 4.79 Å². The number of nitrogens with one attached hydrogen (secondary N) is 1. The molecule has 0 aliphatic carbocycles. The summed E-state index contributed by atoms with van der Waals surface area (Å²) in [5, 5.41) is 3.61. The minimum Gasteiger partial charge on any atom is -0.435 e. The van der Waals surface area contributed by atoms with Crippen LogP contribution >= 0.6 is 21.6 Å². The third-order valence-electron chi connectivity index (χ3n) is 3.55. The van der Waals surface area contributed by atoms with Crippen molar-refractivity contribution in [3.05, 3.63) is 29.8 Å². The molecule has 3 nitrogen and oxygen atoms in total. The van der Waals surface area contributed by atoms with Gasteiger partial charge in [0, 0.05) is 24.0 Å². The molecule has 1 saturated heterocycles. The van der Waals surface area contributed by atoms with Crippen molar-refractivity contribution < 1.29 is 18.3 Å². The summed E-state index contributed by atoms with van der Waals surface area (Å²) in [5.41, 5.74) is 0.861. The molecule has 23 heavy (non-hydrogen) atoms. The van der Waals surface area contributed by atoms with Crippen LogP contribution in [-0.2, 0) is 11.3 Å². The second kappa shape index (κ2) is 10.0. The van der Waals surface area contributed by atoms with Gasteiger partial charge in [-0.15, -0.1) is 0 Å². The first-order valence-electron chi connectivity index (χ1n) is 7.72. The Hall–Kier alpha value is -0.950. The molecular formula is C16H21F2NO2S2. The maximum absolute atomic E-state index is 12.0. The zero-order chi connectivity index (χ0) is 16.5. The molecule has 1 aliphatic heterocycles. The number of carbonyl (C=O) groups excluding carboxylic acids is 1. The van der Waals surface area contributed by atoms with Crippen LogP contribution in [0.25, 0.3) is 0 Å². The number of carbonyl (C=O) groups is 1. The van der Waals surface area contributed by atoms with E-state index in [-0.39, 0.29) is 11.7 Å². The Balaban J connectivity index is 1.58. The van der Waals surface area contributed by atoms with Crippen molar-refractivity contribution in [3.63, 3.8) is 0 Å². The van der Waals surface area contributed by atoms with Gasteiger partial charge in [0.15, 0.2) is 0 Å². The molecule has 0 saturated carbocycles. The highest BCUT2D eigenvalue weighted by Crippen LogP contribution is 2.39. The molecule has 2 rings (SSSR count). The first-order chi connectivity index (χ1) is 11.1. The van der Waals surface area contributed by atoms with Gasteiger partial charge in [0.2, 0.25) is 5.91 Å². The lowest BCUT2D eigenvalue weighted by atomic mass is 10.1. The van der Waals surface area contributed by atoms with Crippen LogP contribution in [-0.4, -0.2) is 23.5 Å². The van der Waals surface area contributed by atoms with Crippen molar-refractivity contribution >= 4 is 27.5 Å². The van der Waals surface area contributed by atoms with E-state index < -0.39 is 6.61 Å². The maximum atomic E-state index is 12.0. The normalized spacial score (nSPS) is 17.4. The van der Waals surface area contributed by atoms with Crippen LogP contribution in [0.5, 0.6) is 5.75 Å². The molecule has 0 bridgehead atoms. The number of halogens is 2. The fourth-order valence-electron chi connectivity index (χ4n) is 2.30. The van der Waals surface area contributed by atoms with E-state index in [1.165, 1.54) is 30.7 Å². The molecule has 0 spiro atoms. The van der Waals surface area contributed by atoms with Crippen LogP contribution < -0.4 is 10.1 Å². The third-order valence-corrected chi connectivity index (χ3v) is 6.55. The highest BCUT2D eigenvalue weighted by atomic mass is 33.1. The average Bonchev–Trinajstić information content (AvgIpc) is 3.04. The zero-order valence-corrected chi connectivity index (χ0v) is 14.4. The molecule has 1 N–H and O–H groups in total. The van der Waals surface area contributed by atoms with Crippen molar-refractivity contribution in [3.8, 4) is 5.75 Å².